The molecule has 0 radical (unpaired) electrons. The molecule has 2 aliphatic carbocycles. The SMILES string of the molecule is Cc1cccc(NC(=O)COC(=O)[C@@H]2[C@@H]3C[C@@H]4[C@H]2C(=O)O[C@@H]4C3)c1C. The molecule has 3 aliphatic rings. The Bertz CT molecular complexity index is 756. The van der Waals surface area contributed by atoms with Crippen molar-refractivity contribution < 1.29 is 23.9 Å². The van der Waals surface area contributed by atoms with Gasteiger partial charge in [-0.2, -0.15) is 0 Å². The number of rotatable bonds is 4. The van der Waals surface area contributed by atoms with Gasteiger partial charge in [0.25, 0.3) is 5.91 Å². The molecular weight excluding hydrogens is 322 g/mol. The summed E-state index contributed by atoms with van der Waals surface area (Å²) in [4.78, 5) is 36.5. The van der Waals surface area contributed by atoms with Crippen LogP contribution in [0.3, 0.4) is 0 Å². The molecule has 132 valence electrons. The number of benzene rings is 1. The first-order valence-electron chi connectivity index (χ1n) is 8.69. The van der Waals surface area contributed by atoms with Crippen molar-refractivity contribution in [2.75, 3.05) is 11.9 Å². The molecule has 5 atom stereocenters. The van der Waals surface area contributed by atoms with Crippen LogP contribution in [-0.2, 0) is 23.9 Å². The van der Waals surface area contributed by atoms with Gasteiger partial charge in [-0.05, 0) is 49.8 Å². The minimum absolute atomic E-state index is 0.0147. The van der Waals surface area contributed by atoms with Gasteiger partial charge >= 0.3 is 11.9 Å². The lowest BCUT2D eigenvalue weighted by atomic mass is 9.80. The largest absolute Gasteiger partial charge is 0.462 e. The van der Waals surface area contributed by atoms with Crippen molar-refractivity contribution in [2.24, 2.45) is 23.7 Å². The predicted molar refractivity (Wildman–Crippen MR) is 88.6 cm³/mol. The molecule has 6 nitrogen and oxygen atoms in total. The van der Waals surface area contributed by atoms with E-state index in [1.165, 1.54) is 0 Å². The molecule has 2 saturated carbocycles. The third-order valence-electron chi connectivity index (χ3n) is 5.98. The molecular formula is C19H21NO5. The second-order valence-corrected chi connectivity index (χ2v) is 7.33. The summed E-state index contributed by atoms with van der Waals surface area (Å²) >= 11 is 0. The van der Waals surface area contributed by atoms with Gasteiger partial charge < -0.3 is 14.8 Å². The van der Waals surface area contributed by atoms with Gasteiger partial charge in [0.05, 0.1) is 11.8 Å². The van der Waals surface area contributed by atoms with Crippen LogP contribution in [0.5, 0.6) is 0 Å². The summed E-state index contributed by atoms with van der Waals surface area (Å²) in [6.45, 7) is 3.55. The molecule has 1 saturated heterocycles. The Morgan fingerprint density at radius 3 is 2.88 bits per heavy atom. The van der Waals surface area contributed by atoms with Crippen molar-refractivity contribution in [3.8, 4) is 0 Å². The maximum atomic E-state index is 12.4. The van der Waals surface area contributed by atoms with E-state index in [0.717, 1.165) is 24.0 Å². The van der Waals surface area contributed by atoms with E-state index >= 15 is 0 Å². The highest BCUT2D eigenvalue weighted by atomic mass is 16.6. The van der Waals surface area contributed by atoms with E-state index in [9.17, 15) is 14.4 Å². The maximum absolute atomic E-state index is 12.4. The summed E-state index contributed by atoms with van der Waals surface area (Å²) in [5.74, 6) is -1.65. The number of fused-ring (bicyclic) bond motifs is 1. The Morgan fingerprint density at radius 1 is 1.28 bits per heavy atom. The van der Waals surface area contributed by atoms with Gasteiger partial charge in [-0.1, -0.05) is 12.1 Å². The fourth-order valence-corrected chi connectivity index (χ4v) is 4.63. The minimum Gasteiger partial charge on any atom is -0.462 e. The standard InChI is InChI=1S/C19H21NO5/c1-9-4-3-5-13(10(9)2)20-15(21)8-24-18(22)16-11-6-12-14(7-11)25-19(23)17(12)16/h3-5,11-12,14,16-17H,6-8H2,1-2H3,(H,20,21)/t11-,12+,14-,16-,17-/m1/s1. The molecule has 0 aromatic heterocycles. The summed E-state index contributed by atoms with van der Waals surface area (Å²) in [7, 11) is 0. The molecule has 1 aromatic rings. The van der Waals surface area contributed by atoms with E-state index in [4.69, 9.17) is 9.47 Å². The molecule has 6 heteroatoms. The van der Waals surface area contributed by atoms with Gasteiger partial charge in [0.2, 0.25) is 0 Å². The van der Waals surface area contributed by atoms with Crippen LogP contribution < -0.4 is 5.32 Å². The Balaban J connectivity index is 1.35. The molecule has 1 heterocycles. The average molecular weight is 343 g/mol. The number of hydrogen-bond donors (Lipinski definition) is 1. The van der Waals surface area contributed by atoms with Crippen molar-refractivity contribution in [2.45, 2.75) is 32.8 Å². The summed E-state index contributed by atoms with van der Waals surface area (Å²) in [6, 6.07) is 5.64. The number of aryl methyl sites for hydroxylation is 1. The molecule has 4 rings (SSSR count). The lowest BCUT2D eigenvalue weighted by molar-refractivity contribution is -0.157. The normalized spacial score (nSPS) is 31.8. The molecule has 25 heavy (non-hydrogen) atoms. The molecule has 2 bridgehead atoms. The monoisotopic (exact) mass is 343 g/mol. The highest BCUT2D eigenvalue weighted by Gasteiger charge is 2.64. The smallest absolute Gasteiger partial charge is 0.310 e. The molecule has 0 unspecified atom stereocenters. The van der Waals surface area contributed by atoms with Crippen molar-refractivity contribution >= 4 is 23.5 Å². The highest BCUT2D eigenvalue weighted by Crippen LogP contribution is 2.57. The van der Waals surface area contributed by atoms with E-state index in [0.29, 0.717) is 5.69 Å². The van der Waals surface area contributed by atoms with Crippen molar-refractivity contribution in [1.29, 1.82) is 0 Å². The van der Waals surface area contributed by atoms with Crippen LogP contribution in [0.2, 0.25) is 0 Å². The van der Waals surface area contributed by atoms with Crippen LogP contribution in [0.25, 0.3) is 0 Å². The second kappa shape index (κ2) is 5.86. The Labute approximate surface area is 145 Å². The molecule has 0 spiro atoms. The Kier molecular flexibility index (Phi) is 3.78. The number of nitrogens with one attached hydrogen (secondary N) is 1. The van der Waals surface area contributed by atoms with E-state index in [1.54, 1.807) is 0 Å². The molecule has 1 amide bonds. The van der Waals surface area contributed by atoms with Gasteiger partial charge in [0.1, 0.15) is 6.10 Å². The molecule has 1 N–H and O–H groups in total. The first-order chi connectivity index (χ1) is 12.0. The Hall–Kier alpha value is -2.37. The third-order valence-corrected chi connectivity index (χ3v) is 5.98. The van der Waals surface area contributed by atoms with Gasteiger partial charge in [-0.3, -0.25) is 14.4 Å². The lowest BCUT2D eigenvalue weighted by Crippen LogP contribution is -2.35. The zero-order chi connectivity index (χ0) is 17.7. The number of anilines is 1. The van der Waals surface area contributed by atoms with E-state index in [2.05, 4.69) is 5.32 Å². The van der Waals surface area contributed by atoms with E-state index in [-0.39, 0.29) is 42.3 Å². The van der Waals surface area contributed by atoms with Crippen LogP contribution in [-0.4, -0.2) is 30.6 Å². The van der Waals surface area contributed by atoms with E-state index < -0.39 is 11.9 Å². The van der Waals surface area contributed by atoms with Gasteiger partial charge in [-0.25, -0.2) is 0 Å². The van der Waals surface area contributed by atoms with Gasteiger partial charge in [-0.15, -0.1) is 0 Å². The first kappa shape index (κ1) is 16.1. The number of amides is 1. The van der Waals surface area contributed by atoms with Crippen LogP contribution in [0.15, 0.2) is 18.2 Å². The van der Waals surface area contributed by atoms with Gasteiger partial charge in [0.15, 0.2) is 6.61 Å². The van der Waals surface area contributed by atoms with Gasteiger partial charge in [0, 0.05) is 11.6 Å². The number of carbonyl (C=O) groups excluding carboxylic acids is 3. The summed E-state index contributed by atoms with van der Waals surface area (Å²) in [5, 5.41) is 2.77. The summed E-state index contributed by atoms with van der Waals surface area (Å²) in [6.07, 6.45) is 1.57. The lowest BCUT2D eigenvalue weighted by Gasteiger charge is -2.22. The quantitative estimate of drug-likeness (QED) is 0.846. The second-order valence-electron chi connectivity index (χ2n) is 7.33. The molecule has 3 fully saturated rings. The van der Waals surface area contributed by atoms with Crippen molar-refractivity contribution in [3.05, 3.63) is 29.3 Å². The number of hydrogen-bond acceptors (Lipinski definition) is 5. The predicted octanol–water partition coefficient (Wildman–Crippen LogP) is 1.98. The van der Waals surface area contributed by atoms with Crippen LogP contribution >= 0.6 is 0 Å². The third kappa shape index (κ3) is 2.60. The topological polar surface area (TPSA) is 81.7 Å². The average Bonchev–Trinajstić information content (AvgIpc) is 3.19. The number of carbonyl (C=O) groups is 3. The summed E-state index contributed by atoms with van der Waals surface area (Å²) in [5.41, 5.74) is 2.77. The first-order valence-corrected chi connectivity index (χ1v) is 8.69. The van der Waals surface area contributed by atoms with Crippen LogP contribution in [0.4, 0.5) is 5.69 Å². The minimum atomic E-state index is -0.454. The molecule has 1 aromatic carbocycles. The summed E-state index contributed by atoms with van der Waals surface area (Å²) < 4.78 is 10.5. The fourth-order valence-electron chi connectivity index (χ4n) is 4.63. The van der Waals surface area contributed by atoms with Crippen LogP contribution in [0.1, 0.15) is 24.0 Å². The fraction of sp³-hybridized carbons (Fsp3) is 0.526. The zero-order valence-corrected chi connectivity index (χ0v) is 14.3. The highest BCUT2D eigenvalue weighted by molar-refractivity contribution is 5.94. The van der Waals surface area contributed by atoms with Crippen molar-refractivity contribution in [3.63, 3.8) is 0 Å². The maximum Gasteiger partial charge on any atom is 0.310 e. The van der Waals surface area contributed by atoms with Crippen LogP contribution in [0, 0.1) is 37.5 Å². The molecule has 1 aliphatic heterocycles. The van der Waals surface area contributed by atoms with E-state index in [1.807, 2.05) is 32.0 Å². The number of ether oxygens (including phenoxy) is 2. The number of esters is 2. The van der Waals surface area contributed by atoms with Crippen molar-refractivity contribution in [1.82, 2.24) is 0 Å². The Morgan fingerprint density at radius 2 is 2.08 bits per heavy atom. The zero-order valence-electron chi connectivity index (χ0n) is 14.3.